The molecule has 0 spiro atoms. The summed E-state index contributed by atoms with van der Waals surface area (Å²) in [7, 11) is 1.30. The van der Waals surface area contributed by atoms with E-state index in [2.05, 4.69) is 26.8 Å². The van der Waals surface area contributed by atoms with Gasteiger partial charge in [-0.25, -0.2) is 0 Å². The van der Waals surface area contributed by atoms with E-state index in [1.165, 1.54) is 12.7 Å². The minimum Gasteiger partial charge on any atom is -0.504 e. The zero-order chi connectivity index (χ0) is 26.6. The summed E-state index contributed by atoms with van der Waals surface area (Å²) in [6.07, 6.45) is 6.69. The van der Waals surface area contributed by atoms with E-state index in [-0.39, 0.29) is 23.2 Å². The number of fused-ring (bicyclic) bond motifs is 7. The summed E-state index contributed by atoms with van der Waals surface area (Å²) in [5.41, 5.74) is 3.00. The van der Waals surface area contributed by atoms with Crippen LogP contribution in [0.5, 0.6) is 0 Å². The maximum absolute atomic E-state index is 13.7. The Morgan fingerprint density at radius 1 is 1.03 bits per heavy atom. The zero-order valence-electron chi connectivity index (χ0n) is 22.2. The standard InChI is InChI=1S/C30H36O6/c1-15-13-29(5)21(14-30(6,26(35)36-7)25(34)24(29)33)28(4)11-10-27(3)18(22(15)28)9-8-17-16(2)23(32)20(31)12-19(17)27/h8-9,12,21,25,32,34H,10-11,13-14H2,1-7H3. The van der Waals surface area contributed by atoms with Crippen molar-refractivity contribution < 1.29 is 29.3 Å². The highest BCUT2D eigenvalue weighted by Gasteiger charge is 2.67. The minimum atomic E-state index is -1.40. The number of methoxy groups -OCH3 is 1. The van der Waals surface area contributed by atoms with Crippen LogP contribution >= 0.6 is 0 Å². The van der Waals surface area contributed by atoms with Crippen LogP contribution in [0.1, 0.15) is 67.2 Å². The molecule has 5 aliphatic rings. The van der Waals surface area contributed by atoms with Gasteiger partial charge in [-0.15, -0.1) is 0 Å². The lowest BCUT2D eigenvalue weighted by molar-refractivity contribution is -0.184. The number of rotatable bonds is 1. The zero-order valence-corrected chi connectivity index (χ0v) is 22.2. The van der Waals surface area contributed by atoms with Gasteiger partial charge in [-0.1, -0.05) is 38.5 Å². The van der Waals surface area contributed by atoms with Gasteiger partial charge in [0, 0.05) is 16.4 Å². The molecule has 6 atom stereocenters. The average Bonchev–Trinajstić information content (AvgIpc) is 2.83. The van der Waals surface area contributed by atoms with Gasteiger partial charge in [0.1, 0.15) is 6.10 Å². The van der Waals surface area contributed by atoms with Crippen molar-refractivity contribution in [2.75, 3.05) is 7.11 Å². The molecule has 0 aromatic rings. The Balaban J connectivity index is 1.70. The van der Waals surface area contributed by atoms with E-state index in [1.54, 1.807) is 19.9 Å². The van der Waals surface area contributed by atoms with Crippen LogP contribution in [0.25, 0.3) is 0 Å². The number of aliphatic hydroxyl groups is 2. The van der Waals surface area contributed by atoms with Gasteiger partial charge >= 0.3 is 5.97 Å². The van der Waals surface area contributed by atoms with Crippen LogP contribution in [-0.2, 0) is 19.1 Å². The first-order chi connectivity index (χ1) is 16.7. The molecule has 5 aliphatic carbocycles. The van der Waals surface area contributed by atoms with E-state index in [0.29, 0.717) is 18.4 Å². The Labute approximate surface area is 212 Å². The van der Waals surface area contributed by atoms with Gasteiger partial charge in [-0.2, -0.15) is 0 Å². The predicted octanol–water partition coefficient (Wildman–Crippen LogP) is 4.86. The van der Waals surface area contributed by atoms with Crippen LogP contribution in [0.2, 0.25) is 0 Å². The average molecular weight is 493 g/mol. The van der Waals surface area contributed by atoms with Gasteiger partial charge in [0.05, 0.1) is 12.5 Å². The largest absolute Gasteiger partial charge is 0.504 e. The van der Waals surface area contributed by atoms with Gasteiger partial charge in [0.25, 0.3) is 0 Å². The highest BCUT2D eigenvalue weighted by Crippen LogP contribution is 2.70. The van der Waals surface area contributed by atoms with E-state index >= 15 is 0 Å². The number of hydrogen-bond donors (Lipinski definition) is 2. The van der Waals surface area contributed by atoms with Crippen LogP contribution < -0.4 is 0 Å². The first-order valence-corrected chi connectivity index (χ1v) is 12.8. The number of carbonyl (C=O) groups excluding carboxylic acids is 3. The van der Waals surface area contributed by atoms with E-state index in [1.807, 2.05) is 13.0 Å². The van der Waals surface area contributed by atoms with E-state index < -0.39 is 33.7 Å². The fraction of sp³-hybridized carbons (Fsp3) is 0.567. The maximum Gasteiger partial charge on any atom is 0.314 e. The summed E-state index contributed by atoms with van der Waals surface area (Å²) in [6.45, 7) is 11.8. The van der Waals surface area contributed by atoms with E-state index in [9.17, 15) is 24.6 Å². The molecule has 5 rings (SSSR count). The third-order valence-corrected chi connectivity index (χ3v) is 10.4. The molecule has 2 N–H and O–H groups in total. The number of aliphatic hydroxyl groups excluding tert-OH is 2. The number of carbonyl (C=O) groups is 3. The molecule has 2 fully saturated rings. The molecule has 0 heterocycles. The number of Topliss-reactive ketones (excluding diaryl/α,β-unsaturated/α-hetero) is 1. The summed E-state index contributed by atoms with van der Waals surface area (Å²) in [5.74, 6) is -1.56. The molecule has 6 nitrogen and oxygen atoms in total. The van der Waals surface area contributed by atoms with Crippen LogP contribution in [0, 0.1) is 27.6 Å². The lowest BCUT2D eigenvalue weighted by Crippen LogP contribution is -2.64. The summed E-state index contributed by atoms with van der Waals surface area (Å²) < 4.78 is 5.06. The van der Waals surface area contributed by atoms with Crippen molar-refractivity contribution in [2.24, 2.45) is 27.6 Å². The molecule has 0 bridgehead atoms. The third-order valence-electron chi connectivity index (χ3n) is 10.4. The molecule has 0 aromatic heterocycles. The summed E-state index contributed by atoms with van der Waals surface area (Å²) in [4.78, 5) is 39.2. The molecule has 36 heavy (non-hydrogen) atoms. The van der Waals surface area contributed by atoms with Crippen molar-refractivity contribution in [1.29, 1.82) is 0 Å². The highest BCUT2D eigenvalue weighted by molar-refractivity contribution is 6.06. The molecular formula is C30H36O6. The Morgan fingerprint density at radius 2 is 1.69 bits per heavy atom. The predicted molar refractivity (Wildman–Crippen MR) is 135 cm³/mol. The Kier molecular flexibility index (Phi) is 5.13. The minimum absolute atomic E-state index is 0.160. The van der Waals surface area contributed by atoms with Crippen molar-refractivity contribution in [3.8, 4) is 0 Å². The fourth-order valence-corrected chi connectivity index (χ4v) is 8.34. The lowest BCUT2D eigenvalue weighted by atomic mass is 9.40. The second-order valence-electron chi connectivity index (χ2n) is 12.5. The molecular weight excluding hydrogens is 456 g/mol. The van der Waals surface area contributed by atoms with Gasteiger partial charge in [0.15, 0.2) is 11.5 Å². The first kappa shape index (κ1) is 24.9. The molecule has 0 radical (unpaired) electrons. The van der Waals surface area contributed by atoms with Crippen molar-refractivity contribution in [1.82, 2.24) is 0 Å². The number of hydrogen-bond acceptors (Lipinski definition) is 6. The van der Waals surface area contributed by atoms with Gasteiger partial charge in [-0.3, -0.25) is 14.4 Å². The smallest absolute Gasteiger partial charge is 0.314 e. The van der Waals surface area contributed by atoms with Crippen LogP contribution in [0.4, 0.5) is 0 Å². The molecule has 0 amide bonds. The van der Waals surface area contributed by atoms with Gasteiger partial charge < -0.3 is 14.9 Å². The number of allylic oxidation sites excluding steroid dienone is 9. The quantitative estimate of drug-likeness (QED) is 0.507. The first-order valence-electron chi connectivity index (χ1n) is 12.8. The van der Waals surface area contributed by atoms with Crippen molar-refractivity contribution in [3.05, 3.63) is 57.4 Å². The van der Waals surface area contributed by atoms with Crippen molar-refractivity contribution >= 4 is 17.5 Å². The highest BCUT2D eigenvalue weighted by atomic mass is 16.5. The Morgan fingerprint density at radius 3 is 2.33 bits per heavy atom. The molecule has 2 saturated carbocycles. The molecule has 6 unspecified atom stereocenters. The monoisotopic (exact) mass is 492 g/mol. The maximum atomic E-state index is 13.7. The lowest BCUT2D eigenvalue weighted by Gasteiger charge is -2.63. The summed E-state index contributed by atoms with van der Waals surface area (Å²) in [6, 6.07) is 0. The molecule has 6 heteroatoms. The molecule has 0 aliphatic heterocycles. The molecule has 192 valence electrons. The Hall–Kier alpha value is -2.73. The third kappa shape index (κ3) is 2.79. The van der Waals surface area contributed by atoms with Gasteiger partial charge in [0.2, 0.25) is 5.78 Å². The summed E-state index contributed by atoms with van der Waals surface area (Å²) in [5, 5.41) is 21.3. The van der Waals surface area contributed by atoms with Gasteiger partial charge in [-0.05, 0) is 86.2 Å². The van der Waals surface area contributed by atoms with Crippen LogP contribution in [0.3, 0.4) is 0 Å². The fourth-order valence-electron chi connectivity index (χ4n) is 8.34. The van der Waals surface area contributed by atoms with Crippen molar-refractivity contribution in [2.45, 2.75) is 73.3 Å². The van der Waals surface area contributed by atoms with E-state index in [0.717, 1.165) is 35.1 Å². The second-order valence-corrected chi connectivity index (χ2v) is 12.5. The number of esters is 1. The molecule has 0 aromatic carbocycles. The van der Waals surface area contributed by atoms with E-state index in [4.69, 9.17) is 4.74 Å². The summed E-state index contributed by atoms with van der Waals surface area (Å²) >= 11 is 0. The van der Waals surface area contributed by atoms with Crippen LogP contribution in [-0.4, -0.2) is 41.0 Å². The van der Waals surface area contributed by atoms with Crippen molar-refractivity contribution in [3.63, 3.8) is 0 Å². The normalized spacial score (nSPS) is 41.9. The number of ether oxygens (including phenoxy) is 1. The number of ketones is 2. The van der Waals surface area contributed by atoms with Crippen LogP contribution in [0.15, 0.2) is 57.4 Å². The SMILES string of the molecule is COC(=O)C1(C)CC2C(C)(CC(C)=C3C4=CC=C5C(=CC(=O)C(O)=C5C)C4(C)CCC32C)C(=O)C1O. The topological polar surface area (TPSA) is 101 Å². The second kappa shape index (κ2) is 7.41. The Bertz CT molecular complexity index is 1290. The molecule has 0 saturated heterocycles.